The van der Waals surface area contributed by atoms with Gasteiger partial charge in [-0.3, -0.25) is 4.79 Å². The summed E-state index contributed by atoms with van der Waals surface area (Å²) >= 11 is 5.56. The molecule has 0 aromatic heterocycles. The molecule has 0 aliphatic carbocycles. The molecule has 6 heteroatoms. The van der Waals surface area contributed by atoms with Gasteiger partial charge in [-0.2, -0.15) is 8.78 Å². The molecule has 0 heterocycles. The van der Waals surface area contributed by atoms with Crippen molar-refractivity contribution in [3.8, 4) is 5.75 Å². The fourth-order valence-electron chi connectivity index (χ4n) is 1.78. The highest BCUT2D eigenvalue weighted by molar-refractivity contribution is 6.30. The van der Waals surface area contributed by atoms with Gasteiger partial charge in [0.25, 0.3) is 0 Å². The zero-order valence-electron chi connectivity index (χ0n) is 10.7. The van der Waals surface area contributed by atoms with Crippen LogP contribution >= 0.6 is 11.6 Å². The third-order valence-electron chi connectivity index (χ3n) is 2.73. The molecule has 2 aromatic rings. The number of ether oxygens (including phenoxy) is 1. The molecule has 2 aromatic carbocycles. The molecular weight excluding hydrogens is 305 g/mol. The number of carbonyl (C=O) groups excluding carboxylic acids is 1. The minimum Gasteiger partial charge on any atom is -0.435 e. The van der Waals surface area contributed by atoms with Crippen molar-refractivity contribution >= 4 is 17.4 Å². The molecule has 0 saturated carbocycles. The van der Waals surface area contributed by atoms with Crippen LogP contribution in [-0.2, 0) is 6.42 Å². The summed E-state index contributed by atoms with van der Waals surface area (Å²) in [6.45, 7) is -2.96. The number of hydrogen-bond acceptors (Lipinski definition) is 2. The molecule has 2 nitrogen and oxygen atoms in total. The van der Waals surface area contributed by atoms with Crippen molar-refractivity contribution < 1.29 is 22.7 Å². The lowest BCUT2D eigenvalue weighted by Gasteiger charge is -2.07. The van der Waals surface area contributed by atoms with Gasteiger partial charge in [0, 0.05) is 12.0 Å². The zero-order valence-corrected chi connectivity index (χ0v) is 11.4. The van der Waals surface area contributed by atoms with E-state index in [1.165, 1.54) is 42.5 Å². The Morgan fingerprint density at radius 3 is 2.62 bits per heavy atom. The quantitative estimate of drug-likeness (QED) is 0.759. The third-order valence-corrected chi connectivity index (χ3v) is 3.04. The smallest absolute Gasteiger partial charge is 0.387 e. The van der Waals surface area contributed by atoms with Gasteiger partial charge in [-0.1, -0.05) is 29.8 Å². The highest BCUT2D eigenvalue weighted by Gasteiger charge is 2.11. The largest absolute Gasteiger partial charge is 0.435 e. The monoisotopic (exact) mass is 314 g/mol. The van der Waals surface area contributed by atoms with E-state index in [4.69, 9.17) is 11.6 Å². The van der Waals surface area contributed by atoms with Gasteiger partial charge in [-0.25, -0.2) is 4.39 Å². The molecule has 0 aliphatic heterocycles. The Morgan fingerprint density at radius 2 is 1.95 bits per heavy atom. The van der Waals surface area contributed by atoms with Crippen molar-refractivity contribution in [1.82, 2.24) is 0 Å². The SMILES string of the molecule is O=C(Cc1ccc(Cl)c(F)c1)c1cccc(OC(F)F)c1. The summed E-state index contributed by atoms with van der Waals surface area (Å²) in [5.41, 5.74) is 0.658. The number of Topliss-reactive ketones (excluding diaryl/α,β-unsaturated/α-hetero) is 1. The maximum Gasteiger partial charge on any atom is 0.387 e. The fraction of sp³-hybridized carbons (Fsp3) is 0.133. The molecule has 21 heavy (non-hydrogen) atoms. The van der Waals surface area contributed by atoms with Crippen molar-refractivity contribution in [3.05, 3.63) is 64.4 Å². The Bertz CT molecular complexity index is 659. The van der Waals surface area contributed by atoms with E-state index >= 15 is 0 Å². The van der Waals surface area contributed by atoms with Gasteiger partial charge in [0.1, 0.15) is 11.6 Å². The Labute approximate surface area is 124 Å². The molecule has 2 rings (SSSR count). The normalized spacial score (nSPS) is 10.7. The molecular formula is C15H10ClF3O2. The van der Waals surface area contributed by atoms with Crippen LogP contribution in [0.1, 0.15) is 15.9 Å². The van der Waals surface area contributed by atoms with Gasteiger partial charge < -0.3 is 4.74 Å². The van der Waals surface area contributed by atoms with Crippen LogP contribution in [0.2, 0.25) is 5.02 Å². The van der Waals surface area contributed by atoms with Crippen LogP contribution in [-0.4, -0.2) is 12.4 Å². The third kappa shape index (κ3) is 4.23. The lowest BCUT2D eigenvalue weighted by Crippen LogP contribution is -2.06. The molecule has 0 N–H and O–H groups in total. The lowest BCUT2D eigenvalue weighted by atomic mass is 10.0. The summed E-state index contributed by atoms with van der Waals surface area (Å²) in [5, 5.41) is -0.0291. The highest BCUT2D eigenvalue weighted by atomic mass is 35.5. The molecule has 0 unspecified atom stereocenters. The second-order valence-electron chi connectivity index (χ2n) is 4.25. The molecule has 0 spiro atoms. The Hall–Kier alpha value is -2.01. The van der Waals surface area contributed by atoms with Crippen molar-refractivity contribution in [2.24, 2.45) is 0 Å². The molecule has 0 amide bonds. The van der Waals surface area contributed by atoms with Crippen LogP contribution in [0.15, 0.2) is 42.5 Å². The van der Waals surface area contributed by atoms with Gasteiger partial charge in [0.2, 0.25) is 0 Å². The lowest BCUT2D eigenvalue weighted by molar-refractivity contribution is -0.0498. The Kier molecular flexibility index (Phi) is 4.85. The summed E-state index contributed by atoms with van der Waals surface area (Å²) in [6, 6.07) is 9.52. The van der Waals surface area contributed by atoms with Crippen LogP contribution in [0.25, 0.3) is 0 Å². The Morgan fingerprint density at radius 1 is 1.19 bits per heavy atom. The van der Waals surface area contributed by atoms with Gasteiger partial charge >= 0.3 is 6.61 Å². The van der Waals surface area contributed by atoms with Crippen molar-refractivity contribution in [1.29, 1.82) is 0 Å². The number of hydrogen-bond donors (Lipinski definition) is 0. The Balaban J connectivity index is 2.14. The number of benzene rings is 2. The maximum absolute atomic E-state index is 13.3. The zero-order chi connectivity index (χ0) is 15.4. The summed E-state index contributed by atoms with van der Waals surface area (Å²) in [5.74, 6) is -1.05. The number of rotatable bonds is 5. The van der Waals surface area contributed by atoms with Crippen LogP contribution in [0, 0.1) is 5.82 Å². The second-order valence-corrected chi connectivity index (χ2v) is 4.66. The van der Waals surface area contributed by atoms with E-state index < -0.39 is 12.4 Å². The minimum absolute atomic E-state index is 0.0291. The number of alkyl halides is 2. The van der Waals surface area contributed by atoms with E-state index in [1.807, 2.05) is 0 Å². The predicted octanol–water partition coefficient (Wildman–Crippen LogP) is 4.51. The van der Waals surface area contributed by atoms with Gasteiger partial charge in [-0.05, 0) is 29.8 Å². The number of halogens is 4. The minimum atomic E-state index is -2.96. The van der Waals surface area contributed by atoms with Crippen molar-refractivity contribution in [2.45, 2.75) is 13.0 Å². The van der Waals surface area contributed by atoms with Gasteiger partial charge in [-0.15, -0.1) is 0 Å². The second kappa shape index (κ2) is 6.63. The summed E-state index contributed by atoms with van der Waals surface area (Å²) in [4.78, 5) is 12.0. The van der Waals surface area contributed by atoms with Crippen LogP contribution in [0.4, 0.5) is 13.2 Å². The average molecular weight is 315 g/mol. The predicted molar refractivity (Wildman–Crippen MR) is 72.5 cm³/mol. The van der Waals surface area contributed by atoms with Crippen LogP contribution < -0.4 is 4.74 Å². The van der Waals surface area contributed by atoms with E-state index in [2.05, 4.69) is 4.74 Å². The van der Waals surface area contributed by atoms with E-state index in [0.29, 0.717) is 5.56 Å². The first-order valence-corrected chi connectivity index (χ1v) is 6.35. The van der Waals surface area contributed by atoms with E-state index in [9.17, 15) is 18.0 Å². The van der Waals surface area contributed by atoms with E-state index in [1.54, 1.807) is 0 Å². The first kappa shape index (κ1) is 15.4. The van der Waals surface area contributed by atoms with Gasteiger partial charge in [0.05, 0.1) is 5.02 Å². The molecule has 0 radical (unpaired) electrons. The summed E-state index contributed by atoms with van der Waals surface area (Å²) < 4.78 is 41.8. The molecule has 0 fully saturated rings. The first-order valence-electron chi connectivity index (χ1n) is 5.97. The molecule has 0 atom stereocenters. The number of ketones is 1. The van der Waals surface area contributed by atoms with Gasteiger partial charge in [0.15, 0.2) is 5.78 Å². The standard InChI is InChI=1S/C15H10ClF3O2/c16-12-5-4-9(6-13(12)17)7-14(20)10-2-1-3-11(8-10)21-15(18)19/h1-6,8,15H,7H2. The molecule has 0 saturated heterocycles. The summed E-state index contributed by atoms with van der Waals surface area (Å²) in [6.07, 6.45) is -0.0633. The van der Waals surface area contributed by atoms with Crippen molar-refractivity contribution in [3.63, 3.8) is 0 Å². The first-order chi connectivity index (χ1) is 9.95. The van der Waals surface area contributed by atoms with E-state index in [-0.39, 0.29) is 28.5 Å². The number of carbonyl (C=O) groups is 1. The topological polar surface area (TPSA) is 26.3 Å². The summed E-state index contributed by atoms with van der Waals surface area (Å²) in [7, 11) is 0. The molecule has 0 aliphatic rings. The molecule has 0 bridgehead atoms. The van der Waals surface area contributed by atoms with Crippen LogP contribution in [0.5, 0.6) is 5.75 Å². The van der Waals surface area contributed by atoms with Crippen molar-refractivity contribution in [2.75, 3.05) is 0 Å². The maximum atomic E-state index is 13.3. The fourth-order valence-corrected chi connectivity index (χ4v) is 1.90. The van der Waals surface area contributed by atoms with E-state index in [0.717, 1.165) is 0 Å². The highest BCUT2D eigenvalue weighted by Crippen LogP contribution is 2.19. The average Bonchev–Trinajstić information content (AvgIpc) is 2.42. The molecule has 110 valence electrons. The van der Waals surface area contributed by atoms with Crippen LogP contribution in [0.3, 0.4) is 0 Å².